The van der Waals surface area contributed by atoms with Crippen LogP contribution in [0.15, 0.2) is 17.8 Å². The SMILES string of the molecule is CCC12COC(=O)N1CCN(C(=O)Cc1cn3ccsc3n1)C2. The normalized spacial score (nSPS) is 24.1. The van der Waals surface area contributed by atoms with Gasteiger partial charge in [0, 0.05) is 37.4 Å². The van der Waals surface area contributed by atoms with Gasteiger partial charge in [-0.25, -0.2) is 9.78 Å². The van der Waals surface area contributed by atoms with Gasteiger partial charge in [0.1, 0.15) is 6.61 Å². The summed E-state index contributed by atoms with van der Waals surface area (Å²) in [5.74, 6) is 0.0579. The lowest BCUT2D eigenvalue weighted by Crippen LogP contribution is -2.62. The van der Waals surface area contributed by atoms with Crippen molar-refractivity contribution in [2.45, 2.75) is 25.3 Å². The molecular formula is C15H18N4O3S. The largest absolute Gasteiger partial charge is 0.447 e. The van der Waals surface area contributed by atoms with Gasteiger partial charge >= 0.3 is 6.09 Å². The van der Waals surface area contributed by atoms with E-state index in [2.05, 4.69) is 4.98 Å². The molecule has 122 valence electrons. The van der Waals surface area contributed by atoms with Gasteiger partial charge in [-0.05, 0) is 6.42 Å². The maximum Gasteiger partial charge on any atom is 0.410 e. The summed E-state index contributed by atoms with van der Waals surface area (Å²) in [6.45, 7) is 4.03. The van der Waals surface area contributed by atoms with E-state index in [0.717, 1.165) is 17.1 Å². The summed E-state index contributed by atoms with van der Waals surface area (Å²) in [6.07, 6.45) is 4.66. The Bertz CT molecular complexity index is 741. The molecule has 0 saturated carbocycles. The number of hydrogen-bond acceptors (Lipinski definition) is 5. The van der Waals surface area contributed by atoms with Crippen LogP contribution in [0.5, 0.6) is 0 Å². The van der Waals surface area contributed by atoms with E-state index in [-0.39, 0.29) is 17.5 Å². The fraction of sp³-hybridized carbons (Fsp3) is 0.533. The van der Waals surface area contributed by atoms with Crippen LogP contribution in [0.25, 0.3) is 4.96 Å². The molecule has 2 saturated heterocycles. The van der Waals surface area contributed by atoms with E-state index >= 15 is 0 Å². The number of thiazole rings is 1. The molecule has 2 aromatic rings. The molecule has 0 spiro atoms. The highest BCUT2D eigenvalue weighted by atomic mass is 32.1. The monoisotopic (exact) mass is 334 g/mol. The van der Waals surface area contributed by atoms with Gasteiger partial charge in [0.25, 0.3) is 0 Å². The number of cyclic esters (lactones) is 1. The minimum atomic E-state index is -0.362. The van der Waals surface area contributed by atoms with Crippen molar-refractivity contribution in [1.82, 2.24) is 19.2 Å². The molecule has 1 unspecified atom stereocenters. The van der Waals surface area contributed by atoms with E-state index in [1.807, 2.05) is 34.0 Å². The molecule has 1 atom stereocenters. The topological polar surface area (TPSA) is 67.2 Å². The van der Waals surface area contributed by atoms with Crippen LogP contribution in [-0.2, 0) is 16.0 Å². The molecule has 0 aliphatic carbocycles. The highest BCUT2D eigenvalue weighted by Gasteiger charge is 2.50. The van der Waals surface area contributed by atoms with Crippen molar-refractivity contribution in [3.8, 4) is 0 Å². The predicted molar refractivity (Wildman–Crippen MR) is 84.4 cm³/mol. The van der Waals surface area contributed by atoms with Crippen LogP contribution in [0.4, 0.5) is 4.79 Å². The van der Waals surface area contributed by atoms with E-state index in [0.29, 0.717) is 32.7 Å². The van der Waals surface area contributed by atoms with Gasteiger partial charge in [0.05, 0.1) is 17.7 Å². The fourth-order valence-corrected chi connectivity index (χ4v) is 4.12. The van der Waals surface area contributed by atoms with Crippen molar-refractivity contribution in [3.63, 3.8) is 0 Å². The van der Waals surface area contributed by atoms with Crippen LogP contribution in [-0.4, -0.2) is 63.0 Å². The van der Waals surface area contributed by atoms with Crippen LogP contribution in [0.2, 0.25) is 0 Å². The lowest BCUT2D eigenvalue weighted by atomic mass is 9.92. The highest BCUT2D eigenvalue weighted by Crippen LogP contribution is 2.31. The van der Waals surface area contributed by atoms with E-state index in [4.69, 9.17) is 4.74 Å². The number of imidazole rings is 1. The summed E-state index contributed by atoms with van der Waals surface area (Å²) in [5, 5.41) is 1.97. The average molecular weight is 334 g/mol. The Labute approximate surface area is 137 Å². The number of fused-ring (bicyclic) bond motifs is 2. The molecule has 2 aliphatic heterocycles. The first-order valence-electron chi connectivity index (χ1n) is 7.74. The Morgan fingerprint density at radius 2 is 2.35 bits per heavy atom. The van der Waals surface area contributed by atoms with Crippen LogP contribution < -0.4 is 0 Å². The summed E-state index contributed by atoms with van der Waals surface area (Å²) < 4.78 is 7.14. The third-order valence-corrected chi connectivity index (χ3v) is 5.59. The smallest absolute Gasteiger partial charge is 0.410 e. The lowest BCUT2D eigenvalue weighted by Gasteiger charge is -2.44. The quantitative estimate of drug-likeness (QED) is 0.850. The Balaban J connectivity index is 1.48. The summed E-state index contributed by atoms with van der Waals surface area (Å²) in [4.78, 5) is 33.4. The standard InChI is InChI=1S/C15H18N4O3S/c1-2-15-9-18(3-4-19(15)14(21)22-10-15)12(20)7-11-8-17-5-6-23-13(17)16-11/h5-6,8H,2-4,7,9-10H2,1H3. The number of aromatic nitrogens is 2. The molecule has 7 nitrogen and oxygen atoms in total. The van der Waals surface area contributed by atoms with Crippen molar-refractivity contribution in [2.24, 2.45) is 0 Å². The molecule has 2 amide bonds. The third kappa shape index (κ3) is 2.28. The Kier molecular flexibility index (Phi) is 3.29. The molecule has 0 radical (unpaired) electrons. The second-order valence-electron chi connectivity index (χ2n) is 6.10. The minimum Gasteiger partial charge on any atom is -0.447 e. The molecule has 0 bridgehead atoms. The number of nitrogens with zero attached hydrogens (tertiary/aromatic N) is 4. The zero-order chi connectivity index (χ0) is 16.0. The van der Waals surface area contributed by atoms with Gasteiger partial charge in [-0.2, -0.15) is 0 Å². The van der Waals surface area contributed by atoms with Gasteiger partial charge < -0.3 is 9.64 Å². The average Bonchev–Trinajstić information content (AvgIpc) is 3.21. The maximum atomic E-state index is 12.6. The molecule has 0 aromatic carbocycles. The molecule has 0 N–H and O–H groups in total. The Morgan fingerprint density at radius 1 is 1.48 bits per heavy atom. The van der Waals surface area contributed by atoms with Crippen LogP contribution in [0, 0.1) is 0 Å². The maximum absolute atomic E-state index is 12.6. The van der Waals surface area contributed by atoms with Crippen molar-refractivity contribution >= 4 is 28.3 Å². The summed E-state index contributed by atoms with van der Waals surface area (Å²) in [5.41, 5.74) is 0.424. The van der Waals surface area contributed by atoms with E-state index in [9.17, 15) is 9.59 Å². The number of carbonyl (C=O) groups is 2. The second-order valence-corrected chi connectivity index (χ2v) is 6.97. The Hall–Kier alpha value is -2.09. The van der Waals surface area contributed by atoms with E-state index in [1.165, 1.54) is 0 Å². The summed E-state index contributed by atoms with van der Waals surface area (Å²) >= 11 is 1.55. The van der Waals surface area contributed by atoms with Crippen molar-refractivity contribution in [3.05, 3.63) is 23.5 Å². The van der Waals surface area contributed by atoms with Gasteiger partial charge in [-0.1, -0.05) is 6.92 Å². The molecule has 8 heteroatoms. The number of ether oxygens (including phenoxy) is 1. The lowest BCUT2D eigenvalue weighted by molar-refractivity contribution is -0.134. The summed E-state index contributed by atoms with van der Waals surface area (Å²) in [6, 6.07) is 0. The molecule has 23 heavy (non-hydrogen) atoms. The van der Waals surface area contributed by atoms with Crippen LogP contribution in [0.1, 0.15) is 19.0 Å². The van der Waals surface area contributed by atoms with Gasteiger partial charge in [-0.3, -0.25) is 14.1 Å². The van der Waals surface area contributed by atoms with Crippen molar-refractivity contribution in [2.75, 3.05) is 26.2 Å². The number of rotatable bonds is 3. The zero-order valence-corrected chi connectivity index (χ0v) is 13.7. The van der Waals surface area contributed by atoms with Gasteiger partial charge in [0.2, 0.25) is 5.91 Å². The molecule has 4 heterocycles. The van der Waals surface area contributed by atoms with Crippen LogP contribution >= 0.6 is 11.3 Å². The first-order valence-corrected chi connectivity index (χ1v) is 8.62. The van der Waals surface area contributed by atoms with E-state index < -0.39 is 0 Å². The van der Waals surface area contributed by atoms with E-state index in [1.54, 1.807) is 16.2 Å². The van der Waals surface area contributed by atoms with Gasteiger partial charge in [0.15, 0.2) is 4.96 Å². The summed E-state index contributed by atoms with van der Waals surface area (Å²) in [7, 11) is 0. The third-order valence-electron chi connectivity index (χ3n) is 4.82. The second kappa shape index (κ2) is 5.23. The number of piperazine rings is 1. The first kappa shape index (κ1) is 14.5. The van der Waals surface area contributed by atoms with Crippen molar-refractivity contribution < 1.29 is 14.3 Å². The highest BCUT2D eigenvalue weighted by molar-refractivity contribution is 7.15. The Morgan fingerprint density at radius 3 is 3.13 bits per heavy atom. The number of hydrogen-bond donors (Lipinski definition) is 0. The van der Waals surface area contributed by atoms with Crippen LogP contribution in [0.3, 0.4) is 0 Å². The minimum absolute atomic E-state index is 0.0579. The molecule has 2 aliphatic rings. The first-order chi connectivity index (χ1) is 11.1. The predicted octanol–water partition coefficient (Wildman–Crippen LogP) is 1.38. The molecule has 2 fully saturated rings. The molecule has 2 aromatic heterocycles. The fourth-order valence-electron chi connectivity index (χ4n) is 3.41. The molecular weight excluding hydrogens is 316 g/mol. The zero-order valence-electron chi connectivity index (χ0n) is 12.9. The van der Waals surface area contributed by atoms with Crippen molar-refractivity contribution in [1.29, 1.82) is 0 Å². The number of carbonyl (C=O) groups excluding carboxylic acids is 2. The van der Waals surface area contributed by atoms with Gasteiger partial charge in [-0.15, -0.1) is 11.3 Å². The molecule has 4 rings (SSSR count). The number of amides is 2.